The number of hydrogen-bond acceptors (Lipinski definition) is 2. The minimum Gasteiger partial charge on any atom is -0.342 e. The van der Waals surface area contributed by atoms with Crippen molar-refractivity contribution >= 4 is 12.3 Å². The van der Waals surface area contributed by atoms with Gasteiger partial charge in [0.25, 0.3) is 0 Å². The van der Waals surface area contributed by atoms with Crippen molar-refractivity contribution in [2.24, 2.45) is 0 Å². The van der Waals surface area contributed by atoms with Gasteiger partial charge in [-0.05, 0) is 26.3 Å². The number of amides is 2. The van der Waals surface area contributed by atoms with Crippen LogP contribution in [0.25, 0.3) is 0 Å². The molecule has 1 heterocycles. The van der Waals surface area contributed by atoms with Gasteiger partial charge in [-0.3, -0.25) is 9.59 Å². The Hall–Kier alpha value is -1.84. The van der Waals surface area contributed by atoms with Gasteiger partial charge in [-0.25, -0.2) is 0 Å². The highest BCUT2D eigenvalue weighted by atomic mass is 16.2. The molecule has 20 heavy (non-hydrogen) atoms. The van der Waals surface area contributed by atoms with Crippen molar-refractivity contribution in [2.45, 2.75) is 26.2 Å². The zero-order valence-corrected chi connectivity index (χ0v) is 12.4. The lowest BCUT2D eigenvalue weighted by atomic mass is 9.82. The number of benzene rings is 1. The zero-order valence-electron chi connectivity index (χ0n) is 12.4. The van der Waals surface area contributed by atoms with E-state index in [0.717, 1.165) is 12.0 Å². The number of carbonyl (C=O) groups excluding carboxylic acids is 2. The van der Waals surface area contributed by atoms with Crippen molar-refractivity contribution in [2.75, 3.05) is 26.2 Å². The second kappa shape index (κ2) is 5.65. The predicted octanol–water partition coefficient (Wildman–Crippen LogP) is 1.57. The zero-order chi connectivity index (χ0) is 14.8. The molecule has 108 valence electrons. The average molecular weight is 274 g/mol. The van der Waals surface area contributed by atoms with Crippen molar-refractivity contribution < 1.29 is 9.59 Å². The summed E-state index contributed by atoms with van der Waals surface area (Å²) >= 11 is 0. The maximum absolute atomic E-state index is 12.7. The summed E-state index contributed by atoms with van der Waals surface area (Å²) in [5.74, 6) is 0.131. The van der Waals surface area contributed by atoms with Crippen molar-refractivity contribution in [1.82, 2.24) is 9.80 Å². The largest absolute Gasteiger partial charge is 0.342 e. The van der Waals surface area contributed by atoms with E-state index < -0.39 is 5.41 Å². The van der Waals surface area contributed by atoms with Crippen LogP contribution >= 0.6 is 0 Å². The van der Waals surface area contributed by atoms with Gasteiger partial charge in [0.2, 0.25) is 12.3 Å². The maximum atomic E-state index is 12.7. The van der Waals surface area contributed by atoms with E-state index >= 15 is 0 Å². The van der Waals surface area contributed by atoms with Gasteiger partial charge >= 0.3 is 0 Å². The molecule has 0 N–H and O–H groups in total. The fraction of sp³-hybridized carbons (Fsp3) is 0.500. The molecule has 1 aliphatic heterocycles. The molecular formula is C16H22N2O2. The van der Waals surface area contributed by atoms with Crippen LogP contribution in [-0.4, -0.2) is 48.3 Å². The lowest BCUT2D eigenvalue weighted by Gasteiger charge is -2.37. The number of nitrogens with zero attached hydrogens (tertiary/aromatic N) is 2. The number of hydrogen-bond donors (Lipinski definition) is 0. The Morgan fingerprint density at radius 3 is 2.15 bits per heavy atom. The molecule has 4 heteroatoms. The van der Waals surface area contributed by atoms with Crippen LogP contribution in [-0.2, 0) is 15.0 Å². The Morgan fingerprint density at radius 1 is 1.10 bits per heavy atom. The number of carbonyl (C=O) groups is 2. The molecule has 0 unspecified atom stereocenters. The first kappa shape index (κ1) is 14.6. The van der Waals surface area contributed by atoms with Gasteiger partial charge in [0, 0.05) is 26.2 Å². The van der Waals surface area contributed by atoms with Gasteiger partial charge in [0.05, 0.1) is 5.41 Å². The van der Waals surface area contributed by atoms with Gasteiger partial charge in [-0.15, -0.1) is 0 Å². The Balaban J connectivity index is 2.11. The van der Waals surface area contributed by atoms with Crippen molar-refractivity contribution in [1.29, 1.82) is 0 Å². The minimum atomic E-state index is -0.531. The maximum Gasteiger partial charge on any atom is 0.232 e. The second-order valence-electron chi connectivity index (χ2n) is 5.92. The number of piperazine rings is 1. The van der Waals surface area contributed by atoms with Crippen molar-refractivity contribution in [3.05, 3.63) is 35.4 Å². The Bertz CT molecular complexity index is 486. The third-order valence-corrected chi connectivity index (χ3v) is 4.06. The number of aryl methyl sites for hydroxylation is 1. The summed E-state index contributed by atoms with van der Waals surface area (Å²) in [6.07, 6.45) is 0.854. The minimum absolute atomic E-state index is 0.131. The summed E-state index contributed by atoms with van der Waals surface area (Å²) in [6.45, 7) is 8.45. The van der Waals surface area contributed by atoms with Gasteiger partial charge in [-0.1, -0.05) is 29.8 Å². The molecule has 0 aromatic heterocycles. The van der Waals surface area contributed by atoms with E-state index in [1.807, 2.05) is 49.9 Å². The molecule has 2 rings (SSSR count). The molecule has 2 amide bonds. The standard InChI is InChI=1S/C16H22N2O2/c1-13-4-6-14(7-5-13)16(2,3)15(20)18-10-8-17(12-19)9-11-18/h4-7,12H,8-11H2,1-3H3. The van der Waals surface area contributed by atoms with Gasteiger partial charge in [0.15, 0.2) is 0 Å². The lowest BCUT2D eigenvalue weighted by Crippen LogP contribution is -2.52. The monoisotopic (exact) mass is 274 g/mol. The summed E-state index contributed by atoms with van der Waals surface area (Å²) in [5, 5.41) is 0. The topological polar surface area (TPSA) is 40.6 Å². The van der Waals surface area contributed by atoms with Crippen LogP contribution in [0.3, 0.4) is 0 Å². The smallest absolute Gasteiger partial charge is 0.232 e. The highest BCUT2D eigenvalue weighted by molar-refractivity contribution is 5.87. The molecule has 0 saturated carbocycles. The summed E-state index contributed by atoms with van der Waals surface area (Å²) in [7, 11) is 0. The molecule has 4 nitrogen and oxygen atoms in total. The van der Waals surface area contributed by atoms with Gasteiger partial charge in [0.1, 0.15) is 0 Å². The van der Waals surface area contributed by atoms with Crippen LogP contribution in [0, 0.1) is 6.92 Å². The molecular weight excluding hydrogens is 252 g/mol. The van der Waals surface area contributed by atoms with Gasteiger partial charge < -0.3 is 9.80 Å². The molecule has 1 aliphatic rings. The van der Waals surface area contributed by atoms with Crippen LogP contribution < -0.4 is 0 Å². The Labute approximate surface area is 120 Å². The fourth-order valence-electron chi connectivity index (χ4n) is 2.52. The second-order valence-corrected chi connectivity index (χ2v) is 5.92. The normalized spacial score (nSPS) is 16.1. The summed E-state index contributed by atoms with van der Waals surface area (Å²) in [4.78, 5) is 27.0. The molecule has 1 aromatic carbocycles. The van der Waals surface area contributed by atoms with Crippen molar-refractivity contribution in [3.63, 3.8) is 0 Å². The van der Waals surface area contributed by atoms with Crippen LogP contribution in [0.4, 0.5) is 0 Å². The quantitative estimate of drug-likeness (QED) is 0.785. The van der Waals surface area contributed by atoms with Crippen LogP contribution in [0.1, 0.15) is 25.0 Å². The molecule has 1 fully saturated rings. The highest BCUT2D eigenvalue weighted by Gasteiger charge is 2.34. The molecule has 1 saturated heterocycles. The molecule has 0 atom stereocenters. The molecule has 1 aromatic rings. The van der Waals surface area contributed by atoms with E-state index in [9.17, 15) is 9.59 Å². The first-order chi connectivity index (χ1) is 9.45. The van der Waals surface area contributed by atoms with Crippen LogP contribution in [0.5, 0.6) is 0 Å². The van der Waals surface area contributed by atoms with Crippen LogP contribution in [0.2, 0.25) is 0 Å². The summed E-state index contributed by atoms with van der Waals surface area (Å²) in [6, 6.07) is 8.12. The third kappa shape index (κ3) is 2.84. The molecule has 0 spiro atoms. The average Bonchev–Trinajstić information content (AvgIpc) is 2.47. The highest BCUT2D eigenvalue weighted by Crippen LogP contribution is 2.26. The molecule has 0 bridgehead atoms. The van der Waals surface area contributed by atoms with E-state index in [1.54, 1.807) is 4.90 Å². The van der Waals surface area contributed by atoms with Crippen molar-refractivity contribution in [3.8, 4) is 0 Å². The molecule has 0 radical (unpaired) electrons. The molecule has 0 aliphatic carbocycles. The van der Waals surface area contributed by atoms with E-state index in [1.165, 1.54) is 5.56 Å². The lowest BCUT2D eigenvalue weighted by molar-refractivity contribution is -0.139. The third-order valence-electron chi connectivity index (χ3n) is 4.06. The Morgan fingerprint density at radius 2 is 1.65 bits per heavy atom. The van der Waals surface area contributed by atoms with E-state index in [4.69, 9.17) is 0 Å². The van der Waals surface area contributed by atoms with E-state index in [2.05, 4.69) is 0 Å². The predicted molar refractivity (Wildman–Crippen MR) is 78.4 cm³/mol. The SMILES string of the molecule is Cc1ccc(C(C)(C)C(=O)N2CCN(C=O)CC2)cc1. The van der Waals surface area contributed by atoms with E-state index in [0.29, 0.717) is 26.2 Å². The summed E-state index contributed by atoms with van der Waals surface area (Å²) in [5.41, 5.74) is 1.69. The first-order valence-electron chi connectivity index (χ1n) is 7.01. The number of rotatable bonds is 3. The summed E-state index contributed by atoms with van der Waals surface area (Å²) < 4.78 is 0. The van der Waals surface area contributed by atoms with E-state index in [-0.39, 0.29) is 5.91 Å². The van der Waals surface area contributed by atoms with Crippen LogP contribution in [0.15, 0.2) is 24.3 Å². The Kier molecular flexibility index (Phi) is 4.12. The fourth-order valence-corrected chi connectivity index (χ4v) is 2.52. The first-order valence-corrected chi connectivity index (χ1v) is 7.01. The van der Waals surface area contributed by atoms with Gasteiger partial charge in [-0.2, -0.15) is 0 Å².